The Hall–Kier alpha value is -1.81. The van der Waals surface area contributed by atoms with E-state index in [4.69, 9.17) is 4.74 Å². The first kappa shape index (κ1) is 10.4. The Morgan fingerprint density at radius 2 is 1.53 bits per heavy atom. The number of rotatable bonds is 0. The third-order valence-corrected chi connectivity index (χ3v) is 4.42. The summed E-state index contributed by atoms with van der Waals surface area (Å²) in [6, 6.07) is 13.9. The van der Waals surface area contributed by atoms with Crippen molar-refractivity contribution >= 4 is 9.84 Å². The highest BCUT2D eigenvalue weighted by Crippen LogP contribution is 2.36. The highest BCUT2D eigenvalue weighted by Gasteiger charge is 2.25. The molecule has 17 heavy (non-hydrogen) atoms. The van der Waals surface area contributed by atoms with Gasteiger partial charge in [0.2, 0.25) is 0 Å². The molecule has 3 nitrogen and oxygen atoms in total. The molecule has 0 saturated carbocycles. The summed E-state index contributed by atoms with van der Waals surface area (Å²) < 4.78 is 30.0. The molecule has 1 heterocycles. The number of hydrogen-bond donors (Lipinski definition) is 0. The van der Waals surface area contributed by atoms with Crippen LogP contribution in [0.15, 0.2) is 53.4 Å². The molecule has 0 bridgehead atoms. The van der Waals surface area contributed by atoms with Gasteiger partial charge in [0, 0.05) is 5.56 Å². The van der Waals surface area contributed by atoms with E-state index in [1.165, 1.54) is 0 Å². The summed E-state index contributed by atoms with van der Waals surface area (Å²) in [6.45, 7) is 0. The van der Waals surface area contributed by atoms with Gasteiger partial charge in [-0.15, -0.1) is 0 Å². The third kappa shape index (κ3) is 1.70. The first-order chi connectivity index (χ1) is 8.17. The normalized spacial score (nSPS) is 16.2. The molecule has 1 aliphatic heterocycles. The van der Waals surface area contributed by atoms with Crippen LogP contribution in [-0.2, 0) is 15.6 Å². The lowest BCUT2D eigenvalue weighted by Gasteiger charge is -2.06. The van der Waals surface area contributed by atoms with Crippen LogP contribution in [0.5, 0.6) is 11.5 Å². The lowest BCUT2D eigenvalue weighted by Crippen LogP contribution is -2.02. The minimum absolute atomic E-state index is 0.0137. The maximum atomic E-state index is 12.2. The lowest BCUT2D eigenvalue weighted by atomic mass is 10.2. The van der Waals surface area contributed by atoms with Gasteiger partial charge in [0.1, 0.15) is 16.4 Å². The van der Waals surface area contributed by atoms with Gasteiger partial charge in [0.15, 0.2) is 9.84 Å². The van der Waals surface area contributed by atoms with E-state index >= 15 is 0 Å². The average Bonchev–Trinajstić information content (AvgIpc) is 2.42. The number of hydrogen-bond acceptors (Lipinski definition) is 3. The molecule has 0 N–H and O–H groups in total. The van der Waals surface area contributed by atoms with Gasteiger partial charge >= 0.3 is 0 Å². The van der Waals surface area contributed by atoms with Gasteiger partial charge in [0.25, 0.3) is 0 Å². The third-order valence-electron chi connectivity index (χ3n) is 2.72. The van der Waals surface area contributed by atoms with Crippen LogP contribution in [-0.4, -0.2) is 8.42 Å². The Balaban J connectivity index is 2.28. The maximum absolute atomic E-state index is 12.2. The monoisotopic (exact) mass is 246 g/mol. The van der Waals surface area contributed by atoms with Gasteiger partial charge in [-0.05, 0) is 18.2 Å². The summed E-state index contributed by atoms with van der Waals surface area (Å²) in [7, 11) is -3.32. The van der Waals surface area contributed by atoms with Crippen molar-refractivity contribution in [2.45, 2.75) is 10.6 Å². The van der Waals surface area contributed by atoms with Gasteiger partial charge in [-0.2, -0.15) is 0 Å². The Labute approximate surface area is 99.6 Å². The van der Waals surface area contributed by atoms with Crippen LogP contribution in [0.1, 0.15) is 5.56 Å². The van der Waals surface area contributed by atoms with Gasteiger partial charge in [-0.1, -0.05) is 30.3 Å². The second-order valence-electron chi connectivity index (χ2n) is 3.92. The highest BCUT2D eigenvalue weighted by atomic mass is 32.2. The van der Waals surface area contributed by atoms with E-state index in [1.807, 2.05) is 12.1 Å². The number of para-hydroxylation sites is 2. The smallest absolute Gasteiger partial charge is 0.186 e. The molecule has 0 spiro atoms. The maximum Gasteiger partial charge on any atom is 0.186 e. The van der Waals surface area contributed by atoms with E-state index in [9.17, 15) is 8.42 Å². The SMILES string of the molecule is O=S1(=O)Cc2ccccc2Oc2ccccc21. The Morgan fingerprint density at radius 1 is 0.882 bits per heavy atom. The largest absolute Gasteiger partial charge is 0.456 e. The molecule has 0 saturated heterocycles. The summed E-state index contributed by atoms with van der Waals surface area (Å²) in [5.41, 5.74) is 0.698. The van der Waals surface area contributed by atoms with E-state index in [2.05, 4.69) is 0 Å². The Bertz CT molecular complexity index is 675. The van der Waals surface area contributed by atoms with Crippen molar-refractivity contribution in [2.24, 2.45) is 0 Å². The quantitative estimate of drug-likeness (QED) is 0.718. The summed E-state index contributed by atoms with van der Waals surface area (Å²) in [4.78, 5) is 0.260. The second kappa shape index (κ2) is 3.60. The van der Waals surface area contributed by atoms with Crippen LogP contribution in [0, 0.1) is 0 Å². The highest BCUT2D eigenvalue weighted by molar-refractivity contribution is 7.90. The molecule has 2 aromatic carbocycles. The predicted octanol–water partition coefficient (Wildman–Crippen LogP) is 2.77. The van der Waals surface area contributed by atoms with E-state index in [0.29, 0.717) is 17.1 Å². The van der Waals surface area contributed by atoms with Crippen molar-refractivity contribution < 1.29 is 13.2 Å². The second-order valence-corrected chi connectivity index (χ2v) is 5.87. The number of ether oxygens (including phenoxy) is 1. The van der Waals surface area contributed by atoms with Gasteiger partial charge in [-0.3, -0.25) is 0 Å². The van der Waals surface area contributed by atoms with Gasteiger partial charge < -0.3 is 4.74 Å². The topological polar surface area (TPSA) is 43.4 Å². The minimum atomic E-state index is -3.32. The number of sulfone groups is 1. The van der Waals surface area contributed by atoms with Crippen LogP contribution >= 0.6 is 0 Å². The fraction of sp³-hybridized carbons (Fsp3) is 0.0769. The Morgan fingerprint density at radius 3 is 2.35 bits per heavy atom. The molecule has 0 atom stereocenters. The fourth-order valence-electron chi connectivity index (χ4n) is 1.91. The van der Waals surface area contributed by atoms with Crippen molar-refractivity contribution in [2.75, 3.05) is 0 Å². The summed E-state index contributed by atoms with van der Waals surface area (Å²) in [5, 5.41) is 0. The van der Waals surface area contributed by atoms with E-state index in [1.54, 1.807) is 36.4 Å². The van der Waals surface area contributed by atoms with E-state index in [-0.39, 0.29) is 10.6 Å². The van der Waals surface area contributed by atoms with E-state index < -0.39 is 9.84 Å². The van der Waals surface area contributed by atoms with Gasteiger partial charge in [-0.25, -0.2) is 8.42 Å². The van der Waals surface area contributed by atoms with Crippen molar-refractivity contribution in [1.82, 2.24) is 0 Å². The zero-order valence-electron chi connectivity index (χ0n) is 8.96. The molecule has 2 aromatic rings. The molecule has 0 fully saturated rings. The summed E-state index contributed by atoms with van der Waals surface area (Å²) >= 11 is 0. The molecule has 1 aliphatic rings. The molecule has 4 heteroatoms. The summed E-state index contributed by atoms with van der Waals surface area (Å²) in [5.74, 6) is 0.999. The molecular weight excluding hydrogens is 236 g/mol. The molecule has 0 aromatic heterocycles. The van der Waals surface area contributed by atoms with Gasteiger partial charge in [0.05, 0.1) is 5.75 Å². The molecular formula is C13H10O3S. The average molecular weight is 246 g/mol. The number of fused-ring (bicyclic) bond motifs is 2. The first-order valence-electron chi connectivity index (χ1n) is 5.24. The van der Waals surface area contributed by atoms with E-state index in [0.717, 1.165) is 0 Å². The molecule has 86 valence electrons. The summed E-state index contributed by atoms with van der Waals surface area (Å²) in [6.07, 6.45) is 0. The zero-order chi connectivity index (χ0) is 11.9. The van der Waals surface area contributed by atoms with Crippen LogP contribution in [0.25, 0.3) is 0 Å². The molecule has 0 aliphatic carbocycles. The lowest BCUT2D eigenvalue weighted by molar-refractivity contribution is 0.468. The molecule has 0 amide bonds. The van der Waals surface area contributed by atoms with Crippen LogP contribution in [0.3, 0.4) is 0 Å². The predicted molar refractivity (Wildman–Crippen MR) is 63.8 cm³/mol. The molecule has 3 rings (SSSR count). The number of benzene rings is 2. The minimum Gasteiger partial charge on any atom is -0.456 e. The van der Waals surface area contributed by atoms with Crippen molar-refractivity contribution in [3.05, 3.63) is 54.1 Å². The van der Waals surface area contributed by atoms with Crippen molar-refractivity contribution in [3.63, 3.8) is 0 Å². The molecule has 0 unspecified atom stereocenters. The Kier molecular flexibility index (Phi) is 2.19. The van der Waals surface area contributed by atoms with Crippen LogP contribution in [0.4, 0.5) is 0 Å². The van der Waals surface area contributed by atoms with Crippen LogP contribution < -0.4 is 4.74 Å². The standard InChI is InChI=1S/C13H10O3S/c14-17(15)9-10-5-1-2-6-11(10)16-12-7-3-4-8-13(12)17/h1-8H,9H2. The van der Waals surface area contributed by atoms with Crippen molar-refractivity contribution in [3.8, 4) is 11.5 Å². The first-order valence-corrected chi connectivity index (χ1v) is 6.89. The molecule has 0 radical (unpaired) electrons. The van der Waals surface area contributed by atoms with Crippen molar-refractivity contribution in [1.29, 1.82) is 0 Å². The zero-order valence-corrected chi connectivity index (χ0v) is 9.78. The van der Waals surface area contributed by atoms with Crippen LogP contribution in [0.2, 0.25) is 0 Å². The fourth-order valence-corrected chi connectivity index (χ4v) is 3.42.